The standard InChI is InChI=1S/C38H60N4O11/c1-4-20-48-26-29-51-23-17-39-34(44)11-14-38(42-37(47)32-7-9-33(43)10-8-32,15-12-35(45)40-18-24-52-30-27-49-21-5-2)16-13-36(46)41-19-25-53-31-28-50-22-6-3/h1-3,32-33,43H,7-31H2,(H,39,44)(H,40,45)(H,41,46)(H,42,47). The molecule has 0 radical (unpaired) electrons. The average Bonchev–Trinajstić information content (AvgIpc) is 3.15. The smallest absolute Gasteiger partial charge is 0.223 e. The molecule has 0 aromatic heterocycles. The minimum absolute atomic E-state index is 0.0311. The molecule has 4 amide bonds. The number of aliphatic hydroxyl groups is 1. The zero-order valence-electron chi connectivity index (χ0n) is 31.1. The van der Waals surface area contributed by atoms with E-state index in [1.807, 2.05) is 0 Å². The van der Waals surface area contributed by atoms with Crippen molar-refractivity contribution in [3.8, 4) is 37.0 Å². The van der Waals surface area contributed by atoms with Crippen LogP contribution < -0.4 is 21.3 Å². The van der Waals surface area contributed by atoms with Gasteiger partial charge in [0.1, 0.15) is 19.8 Å². The third-order valence-electron chi connectivity index (χ3n) is 8.33. The van der Waals surface area contributed by atoms with Gasteiger partial charge in [0.05, 0.1) is 65.6 Å². The molecule has 15 heteroatoms. The van der Waals surface area contributed by atoms with Crippen molar-refractivity contribution in [3.63, 3.8) is 0 Å². The normalized spacial score (nSPS) is 15.4. The van der Waals surface area contributed by atoms with Gasteiger partial charge in [-0.05, 0) is 44.9 Å². The highest BCUT2D eigenvalue weighted by Crippen LogP contribution is 2.30. The van der Waals surface area contributed by atoms with Crippen molar-refractivity contribution in [2.45, 2.75) is 75.9 Å². The lowest BCUT2D eigenvalue weighted by molar-refractivity contribution is -0.131. The van der Waals surface area contributed by atoms with Gasteiger partial charge in [-0.2, -0.15) is 0 Å². The van der Waals surface area contributed by atoms with Crippen molar-refractivity contribution >= 4 is 23.6 Å². The number of amides is 4. The van der Waals surface area contributed by atoms with Crippen molar-refractivity contribution in [3.05, 3.63) is 0 Å². The number of hydrogen-bond donors (Lipinski definition) is 5. The van der Waals surface area contributed by atoms with Crippen LogP contribution in [-0.2, 0) is 47.6 Å². The fraction of sp³-hybridized carbons (Fsp3) is 0.737. The number of nitrogens with one attached hydrogen (secondary N) is 4. The van der Waals surface area contributed by atoms with E-state index in [1.54, 1.807) is 0 Å². The van der Waals surface area contributed by atoms with Crippen LogP contribution in [-0.4, -0.2) is 139 Å². The van der Waals surface area contributed by atoms with Crippen LogP contribution in [0.1, 0.15) is 64.2 Å². The van der Waals surface area contributed by atoms with Gasteiger partial charge in [0.15, 0.2) is 0 Å². The first-order valence-corrected chi connectivity index (χ1v) is 18.3. The van der Waals surface area contributed by atoms with Gasteiger partial charge in [-0.25, -0.2) is 0 Å². The highest BCUT2D eigenvalue weighted by atomic mass is 16.5. The number of aliphatic hydroxyl groups excluding tert-OH is 1. The predicted octanol–water partition coefficient (Wildman–Crippen LogP) is 0.0809. The molecule has 298 valence electrons. The molecule has 0 aliphatic heterocycles. The number of terminal acetylenes is 3. The molecule has 1 aliphatic carbocycles. The van der Waals surface area contributed by atoms with Crippen molar-refractivity contribution in [1.82, 2.24) is 21.3 Å². The Bertz CT molecular complexity index is 1040. The Morgan fingerprint density at radius 3 is 1.23 bits per heavy atom. The van der Waals surface area contributed by atoms with E-state index < -0.39 is 11.6 Å². The number of carbonyl (C=O) groups is 4. The number of ether oxygens (including phenoxy) is 6. The molecule has 1 saturated carbocycles. The molecule has 0 bridgehead atoms. The topological polar surface area (TPSA) is 192 Å². The summed E-state index contributed by atoms with van der Waals surface area (Å²) in [5.74, 6) is 5.76. The van der Waals surface area contributed by atoms with Gasteiger partial charge in [0.2, 0.25) is 23.6 Å². The minimum atomic E-state index is -1.06. The van der Waals surface area contributed by atoms with E-state index in [1.165, 1.54) is 0 Å². The molecule has 5 N–H and O–H groups in total. The van der Waals surface area contributed by atoms with Crippen LogP contribution in [0, 0.1) is 42.9 Å². The summed E-state index contributed by atoms with van der Waals surface area (Å²) in [7, 11) is 0. The summed E-state index contributed by atoms with van der Waals surface area (Å²) < 4.78 is 31.8. The molecule has 15 nitrogen and oxygen atoms in total. The summed E-state index contributed by atoms with van der Waals surface area (Å²) >= 11 is 0. The van der Waals surface area contributed by atoms with Crippen LogP contribution >= 0.6 is 0 Å². The van der Waals surface area contributed by atoms with E-state index in [0.717, 1.165) is 0 Å². The molecule has 1 aliphatic rings. The molecular weight excluding hydrogens is 688 g/mol. The molecule has 0 aromatic rings. The van der Waals surface area contributed by atoms with E-state index >= 15 is 0 Å². The van der Waals surface area contributed by atoms with Crippen molar-refractivity contribution < 1.29 is 52.7 Å². The Hall–Kier alpha value is -3.72. The third-order valence-corrected chi connectivity index (χ3v) is 8.33. The maximum Gasteiger partial charge on any atom is 0.223 e. The fourth-order valence-corrected chi connectivity index (χ4v) is 5.43. The van der Waals surface area contributed by atoms with Gasteiger partial charge in [0, 0.05) is 50.4 Å². The fourth-order valence-electron chi connectivity index (χ4n) is 5.43. The zero-order chi connectivity index (χ0) is 38.8. The lowest BCUT2D eigenvalue weighted by atomic mass is 9.81. The summed E-state index contributed by atoms with van der Waals surface area (Å²) in [6.07, 6.45) is 17.7. The van der Waals surface area contributed by atoms with Gasteiger partial charge in [-0.3, -0.25) is 19.2 Å². The van der Waals surface area contributed by atoms with Crippen LogP contribution in [0.2, 0.25) is 0 Å². The van der Waals surface area contributed by atoms with Gasteiger partial charge in [0.25, 0.3) is 0 Å². The van der Waals surface area contributed by atoms with E-state index in [0.29, 0.717) is 65.3 Å². The van der Waals surface area contributed by atoms with E-state index in [9.17, 15) is 24.3 Å². The van der Waals surface area contributed by atoms with Gasteiger partial charge >= 0.3 is 0 Å². The van der Waals surface area contributed by atoms with Gasteiger partial charge in [-0.15, -0.1) is 19.3 Å². The van der Waals surface area contributed by atoms with E-state index in [4.69, 9.17) is 47.7 Å². The highest BCUT2D eigenvalue weighted by molar-refractivity contribution is 5.81. The molecule has 1 rings (SSSR count). The van der Waals surface area contributed by atoms with Crippen molar-refractivity contribution in [2.24, 2.45) is 5.92 Å². The summed E-state index contributed by atoms with van der Waals surface area (Å²) in [5, 5.41) is 21.6. The predicted molar refractivity (Wildman–Crippen MR) is 197 cm³/mol. The van der Waals surface area contributed by atoms with Crippen molar-refractivity contribution in [1.29, 1.82) is 0 Å². The summed E-state index contributed by atoms with van der Waals surface area (Å²) in [4.78, 5) is 52.5. The second kappa shape index (κ2) is 31.8. The molecule has 0 spiro atoms. The summed E-state index contributed by atoms with van der Waals surface area (Å²) in [6, 6.07) is 0. The Morgan fingerprint density at radius 2 is 0.887 bits per heavy atom. The molecule has 0 atom stereocenters. The maximum absolute atomic E-state index is 13.7. The summed E-state index contributed by atoms with van der Waals surface area (Å²) in [6.45, 7) is 4.18. The van der Waals surface area contributed by atoms with Gasteiger partial charge < -0.3 is 54.8 Å². The first-order valence-electron chi connectivity index (χ1n) is 18.3. The maximum atomic E-state index is 13.7. The molecule has 0 saturated heterocycles. The van der Waals surface area contributed by atoms with Crippen LogP contribution in [0.25, 0.3) is 0 Å². The molecule has 53 heavy (non-hydrogen) atoms. The number of hydrogen-bond acceptors (Lipinski definition) is 11. The number of rotatable bonds is 32. The third kappa shape index (κ3) is 25.8. The molecular formula is C38H60N4O11. The minimum Gasteiger partial charge on any atom is -0.393 e. The Kier molecular flexibility index (Phi) is 28.4. The van der Waals surface area contributed by atoms with Crippen LogP contribution in [0.4, 0.5) is 0 Å². The Balaban J connectivity index is 2.90. The Labute approximate surface area is 315 Å². The molecule has 0 aromatic carbocycles. The lowest BCUT2D eigenvalue weighted by Gasteiger charge is -2.37. The Morgan fingerprint density at radius 1 is 0.547 bits per heavy atom. The molecule has 0 unspecified atom stereocenters. The molecule has 1 fully saturated rings. The number of carbonyl (C=O) groups excluding carboxylic acids is 4. The average molecular weight is 749 g/mol. The lowest BCUT2D eigenvalue weighted by Crippen LogP contribution is -2.52. The molecule has 0 heterocycles. The first kappa shape index (κ1) is 47.3. The largest absolute Gasteiger partial charge is 0.393 e. The zero-order valence-corrected chi connectivity index (χ0v) is 31.1. The highest BCUT2D eigenvalue weighted by Gasteiger charge is 2.36. The van der Waals surface area contributed by atoms with Crippen LogP contribution in [0.5, 0.6) is 0 Å². The quantitative estimate of drug-likeness (QED) is 0.0463. The first-order chi connectivity index (χ1) is 25.7. The monoisotopic (exact) mass is 748 g/mol. The summed E-state index contributed by atoms with van der Waals surface area (Å²) in [5.41, 5.74) is -1.06. The van der Waals surface area contributed by atoms with Crippen LogP contribution in [0.3, 0.4) is 0 Å². The van der Waals surface area contributed by atoms with Crippen molar-refractivity contribution in [2.75, 3.05) is 98.9 Å². The van der Waals surface area contributed by atoms with Crippen LogP contribution in [0.15, 0.2) is 0 Å². The van der Waals surface area contributed by atoms with E-state index in [2.05, 4.69) is 39.0 Å². The second-order valence-corrected chi connectivity index (χ2v) is 12.4. The van der Waals surface area contributed by atoms with Gasteiger partial charge in [-0.1, -0.05) is 17.8 Å². The SMILES string of the molecule is C#CCOCCOCCNC(=O)CCC(CCC(=O)NCCOCCOCC#C)(CCC(=O)NCCOCCOCC#C)NC(=O)C1CCC(O)CC1. The second-order valence-electron chi connectivity index (χ2n) is 12.4. The van der Waals surface area contributed by atoms with E-state index in [-0.39, 0.29) is 127 Å².